The fourth-order valence-corrected chi connectivity index (χ4v) is 6.09. The Kier molecular flexibility index (Phi) is 6.71. The fraction of sp³-hybridized carbons (Fsp3) is 0.455. The van der Waals surface area contributed by atoms with Crippen molar-refractivity contribution in [2.75, 3.05) is 36.3 Å². The zero-order valence-electron chi connectivity index (χ0n) is 17.7. The first-order valence-corrected chi connectivity index (χ1v) is 12.5. The molecule has 1 amide bonds. The zero-order chi connectivity index (χ0) is 22.0. The lowest BCUT2D eigenvalue weighted by Gasteiger charge is -2.24. The van der Waals surface area contributed by atoms with Crippen LogP contribution in [-0.2, 0) is 4.79 Å². The third-order valence-corrected chi connectivity index (χ3v) is 7.70. The predicted molar refractivity (Wildman–Crippen MR) is 127 cm³/mol. The highest BCUT2D eigenvalue weighted by molar-refractivity contribution is 8.00. The average molecular weight is 462 g/mol. The molecule has 0 bridgehead atoms. The molecule has 2 N–H and O–H groups in total. The maximum absolute atomic E-state index is 13.1. The molecular weight excluding hydrogens is 434 g/mol. The van der Waals surface area contributed by atoms with E-state index in [1.165, 1.54) is 11.8 Å². The lowest BCUT2D eigenvalue weighted by molar-refractivity contribution is -0.113. The molecule has 1 atom stereocenters. The molecule has 2 aliphatic heterocycles. The number of ether oxygens (including phenoxy) is 2. The number of benzene rings is 1. The minimum Gasteiger partial charge on any atom is -0.493 e. The number of nitrogens with one attached hydrogen (secondary N) is 2. The molecule has 9 heteroatoms. The van der Waals surface area contributed by atoms with Gasteiger partial charge in [0.25, 0.3) is 5.56 Å². The van der Waals surface area contributed by atoms with E-state index in [0.29, 0.717) is 29.5 Å². The van der Waals surface area contributed by atoms with E-state index >= 15 is 0 Å². The summed E-state index contributed by atoms with van der Waals surface area (Å²) in [6.07, 6.45) is 1.94. The third-order valence-electron chi connectivity index (χ3n) is 5.38. The van der Waals surface area contributed by atoms with E-state index in [0.717, 1.165) is 35.5 Å². The van der Waals surface area contributed by atoms with Crippen molar-refractivity contribution in [1.82, 2.24) is 9.78 Å². The molecule has 3 heterocycles. The van der Waals surface area contributed by atoms with Gasteiger partial charge < -0.3 is 14.8 Å². The van der Waals surface area contributed by atoms with Crippen LogP contribution in [0.4, 0.5) is 5.82 Å². The number of nitrogens with zero attached hydrogens (tertiary/aromatic N) is 1. The Labute approximate surface area is 189 Å². The molecule has 1 fully saturated rings. The normalized spacial score (nSPS) is 19.3. The Hall–Kier alpha value is -2.26. The van der Waals surface area contributed by atoms with E-state index in [2.05, 4.69) is 17.0 Å². The number of carbonyl (C=O) groups is 1. The third kappa shape index (κ3) is 4.67. The van der Waals surface area contributed by atoms with Crippen molar-refractivity contribution >= 4 is 35.2 Å². The standard InChI is InChI=1S/C22H27N3O4S2/c1-13(2)11-29-17-10-14(4-5-16(17)28-3)20-19-21(23-18(26)12-31-20)25(24-22(19)27)15-6-8-30-9-7-15/h4-5,10,15,20H,1,6-9,11-12H2,2-3H3,(H,23,26)(H,24,27)/t20-/m0/s1. The number of thioether (sulfide) groups is 2. The highest BCUT2D eigenvalue weighted by Crippen LogP contribution is 2.43. The van der Waals surface area contributed by atoms with Gasteiger partial charge in [-0.15, -0.1) is 11.8 Å². The van der Waals surface area contributed by atoms with Crippen molar-refractivity contribution in [2.24, 2.45) is 0 Å². The van der Waals surface area contributed by atoms with Crippen LogP contribution in [-0.4, -0.2) is 46.7 Å². The Morgan fingerprint density at radius 2 is 2.03 bits per heavy atom. The second kappa shape index (κ2) is 9.48. The number of aromatic amines is 1. The van der Waals surface area contributed by atoms with Gasteiger partial charge in [0.2, 0.25) is 5.91 Å². The number of methoxy groups -OCH3 is 1. The van der Waals surface area contributed by atoms with Crippen LogP contribution in [0.5, 0.6) is 11.5 Å². The molecule has 0 unspecified atom stereocenters. The molecule has 1 aromatic heterocycles. The van der Waals surface area contributed by atoms with Crippen molar-refractivity contribution < 1.29 is 14.3 Å². The number of H-pyrrole nitrogens is 1. The van der Waals surface area contributed by atoms with E-state index in [1.807, 2.05) is 41.6 Å². The summed E-state index contributed by atoms with van der Waals surface area (Å²) in [5.41, 5.74) is 2.22. The maximum Gasteiger partial charge on any atom is 0.270 e. The molecule has 2 aromatic rings. The molecule has 1 aromatic carbocycles. The number of rotatable bonds is 6. The molecule has 4 rings (SSSR count). The summed E-state index contributed by atoms with van der Waals surface area (Å²) >= 11 is 3.37. The molecule has 2 aliphatic rings. The van der Waals surface area contributed by atoms with E-state index in [-0.39, 0.29) is 28.5 Å². The molecule has 0 spiro atoms. The van der Waals surface area contributed by atoms with Crippen LogP contribution in [0.25, 0.3) is 0 Å². The van der Waals surface area contributed by atoms with Crippen LogP contribution in [0.2, 0.25) is 0 Å². The van der Waals surface area contributed by atoms with E-state index < -0.39 is 0 Å². The van der Waals surface area contributed by atoms with Crippen LogP contribution in [0.15, 0.2) is 35.1 Å². The van der Waals surface area contributed by atoms with Gasteiger partial charge in [-0.3, -0.25) is 19.4 Å². The molecule has 0 radical (unpaired) electrons. The Bertz CT molecular complexity index is 1040. The second-order valence-electron chi connectivity index (χ2n) is 7.81. The van der Waals surface area contributed by atoms with Gasteiger partial charge >= 0.3 is 0 Å². The van der Waals surface area contributed by atoms with Crippen LogP contribution < -0.4 is 20.3 Å². The zero-order valence-corrected chi connectivity index (χ0v) is 19.4. The number of carbonyl (C=O) groups excluding carboxylic acids is 1. The minimum atomic E-state index is -0.296. The van der Waals surface area contributed by atoms with Gasteiger partial charge in [0, 0.05) is 0 Å². The largest absolute Gasteiger partial charge is 0.493 e. The van der Waals surface area contributed by atoms with Gasteiger partial charge in [0.15, 0.2) is 11.5 Å². The van der Waals surface area contributed by atoms with Gasteiger partial charge in [-0.25, -0.2) is 0 Å². The van der Waals surface area contributed by atoms with Crippen molar-refractivity contribution in [3.8, 4) is 11.5 Å². The van der Waals surface area contributed by atoms with Crippen LogP contribution >= 0.6 is 23.5 Å². The summed E-state index contributed by atoms with van der Waals surface area (Å²) in [7, 11) is 1.59. The van der Waals surface area contributed by atoms with Gasteiger partial charge in [0.05, 0.1) is 29.7 Å². The molecular formula is C22H27N3O4S2. The quantitative estimate of drug-likeness (QED) is 0.633. The Balaban J connectivity index is 1.76. The molecule has 0 aliphatic carbocycles. The molecule has 0 saturated carbocycles. The Morgan fingerprint density at radius 3 is 2.74 bits per heavy atom. The number of amides is 1. The van der Waals surface area contributed by atoms with Crippen LogP contribution in [0.1, 0.15) is 42.2 Å². The van der Waals surface area contributed by atoms with Gasteiger partial charge in [0.1, 0.15) is 12.4 Å². The average Bonchev–Trinajstić information content (AvgIpc) is 2.97. The van der Waals surface area contributed by atoms with Crippen molar-refractivity contribution in [3.63, 3.8) is 0 Å². The Morgan fingerprint density at radius 1 is 1.26 bits per heavy atom. The number of anilines is 1. The second-order valence-corrected chi connectivity index (χ2v) is 10.1. The summed E-state index contributed by atoms with van der Waals surface area (Å²) in [5.74, 6) is 4.08. The minimum absolute atomic E-state index is 0.0982. The molecule has 31 heavy (non-hydrogen) atoms. The van der Waals surface area contributed by atoms with Crippen molar-refractivity contribution in [2.45, 2.75) is 31.1 Å². The van der Waals surface area contributed by atoms with Crippen molar-refractivity contribution in [3.05, 3.63) is 51.8 Å². The summed E-state index contributed by atoms with van der Waals surface area (Å²) in [6.45, 7) is 6.15. The summed E-state index contributed by atoms with van der Waals surface area (Å²) in [5, 5.41) is 5.69. The number of aromatic nitrogens is 2. The lowest BCUT2D eigenvalue weighted by Crippen LogP contribution is -2.22. The molecule has 7 nitrogen and oxygen atoms in total. The summed E-state index contributed by atoms with van der Waals surface area (Å²) in [6, 6.07) is 5.85. The van der Waals surface area contributed by atoms with Crippen LogP contribution in [0, 0.1) is 0 Å². The SMILES string of the molecule is C=C(C)COc1cc([C@@H]2SCC(=O)Nc3c2c(=O)[nH]n3C2CCSCC2)ccc1OC. The molecule has 166 valence electrons. The lowest BCUT2D eigenvalue weighted by atomic mass is 10.0. The van der Waals surface area contributed by atoms with Crippen LogP contribution in [0.3, 0.4) is 0 Å². The van der Waals surface area contributed by atoms with E-state index in [1.54, 1.807) is 7.11 Å². The van der Waals surface area contributed by atoms with E-state index in [4.69, 9.17) is 9.47 Å². The number of hydrogen-bond donors (Lipinski definition) is 2. The first-order valence-electron chi connectivity index (χ1n) is 10.3. The number of fused-ring (bicyclic) bond motifs is 1. The summed E-state index contributed by atoms with van der Waals surface area (Å²) in [4.78, 5) is 25.6. The first-order chi connectivity index (χ1) is 15.0. The van der Waals surface area contributed by atoms with E-state index in [9.17, 15) is 9.59 Å². The predicted octanol–water partition coefficient (Wildman–Crippen LogP) is 3.98. The van der Waals surface area contributed by atoms with Gasteiger partial charge in [-0.2, -0.15) is 11.8 Å². The maximum atomic E-state index is 13.1. The highest BCUT2D eigenvalue weighted by atomic mass is 32.2. The van der Waals surface area contributed by atoms with Gasteiger partial charge in [-0.05, 0) is 54.5 Å². The fourth-order valence-electron chi connectivity index (χ4n) is 3.89. The van der Waals surface area contributed by atoms with Gasteiger partial charge in [-0.1, -0.05) is 12.6 Å². The number of hydrogen-bond acceptors (Lipinski definition) is 6. The highest BCUT2D eigenvalue weighted by Gasteiger charge is 2.33. The first kappa shape index (κ1) is 22.0. The summed E-state index contributed by atoms with van der Waals surface area (Å²) < 4.78 is 13.2. The molecule has 1 saturated heterocycles. The topological polar surface area (TPSA) is 85.4 Å². The monoisotopic (exact) mass is 461 g/mol. The van der Waals surface area contributed by atoms with Crippen molar-refractivity contribution in [1.29, 1.82) is 0 Å². The smallest absolute Gasteiger partial charge is 0.270 e.